The molecule has 2 rings (SSSR count). The molecule has 0 heterocycles. The summed E-state index contributed by atoms with van der Waals surface area (Å²) in [6, 6.07) is 0. The molecule has 2 nitrogen and oxygen atoms in total. The second-order valence-electron chi connectivity index (χ2n) is 5.39. The number of halogens is 1. The van der Waals surface area contributed by atoms with Gasteiger partial charge in [0.1, 0.15) is 0 Å². The highest BCUT2D eigenvalue weighted by molar-refractivity contribution is 6.21. The van der Waals surface area contributed by atoms with E-state index in [1.807, 2.05) is 0 Å². The topological polar surface area (TPSA) is 37.3 Å². The Balaban J connectivity index is 2.34. The van der Waals surface area contributed by atoms with Gasteiger partial charge in [0.15, 0.2) is 0 Å². The molecule has 0 aromatic heterocycles. The summed E-state index contributed by atoms with van der Waals surface area (Å²) >= 11 is 6.33. The molecule has 0 aliphatic heterocycles. The molecule has 2 aliphatic rings. The number of carboxylic acid groups (broad SMARTS) is 1. The first kappa shape index (κ1) is 10.3. The summed E-state index contributed by atoms with van der Waals surface area (Å²) in [6.45, 7) is 4.38. The lowest BCUT2D eigenvalue weighted by molar-refractivity contribution is -0.141. The quantitative estimate of drug-likeness (QED) is 0.721. The molecular formula is C11H17ClO2. The van der Waals surface area contributed by atoms with Crippen molar-refractivity contribution in [2.75, 3.05) is 0 Å². The monoisotopic (exact) mass is 216 g/mol. The Labute approximate surface area is 89.6 Å². The Hall–Kier alpha value is -0.240. The highest BCUT2D eigenvalue weighted by Crippen LogP contribution is 2.68. The molecule has 2 aliphatic carbocycles. The van der Waals surface area contributed by atoms with E-state index in [2.05, 4.69) is 13.8 Å². The minimum absolute atomic E-state index is 0.0624. The van der Waals surface area contributed by atoms with Gasteiger partial charge in [0, 0.05) is 10.8 Å². The zero-order valence-corrected chi connectivity index (χ0v) is 9.47. The highest BCUT2D eigenvalue weighted by atomic mass is 35.5. The minimum atomic E-state index is -0.703. The van der Waals surface area contributed by atoms with E-state index >= 15 is 0 Å². The zero-order valence-electron chi connectivity index (χ0n) is 8.72. The lowest BCUT2D eigenvalue weighted by Crippen LogP contribution is -2.38. The molecule has 2 saturated carbocycles. The molecule has 0 unspecified atom stereocenters. The van der Waals surface area contributed by atoms with E-state index in [4.69, 9.17) is 16.7 Å². The van der Waals surface area contributed by atoms with Crippen LogP contribution >= 0.6 is 11.6 Å². The van der Waals surface area contributed by atoms with Crippen LogP contribution in [-0.4, -0.2) is 16.5 Å². The van der Waals surface area contributed by atoms with Crippen molar-refractivity contribution in [2.24, 2.45) is 16.7 Å². The minimum Gasteiger partial charge on any atom is -0.481 e. The van der Waals surface area contributed by atoms with Gasteiger partial charge in [0.05, 0.1) is 6.42 Å². The molecule has 0 radical (unpaired) electrons. The molecule has 14 heavy (non-hydrogen) atoms. The Kier molecular flexibility index (Phi) is 2.11. The lowest BCUT2D eigenvalue weighted by Gasteiger charge is -2.39. The van der Waals surface area contributed by atoms with E-state index in [-0.39, 0.29) is 22.6 Å². The summed E-state index contributed by atoms with van der Waals surface area (Å²) in [5, 5.41) is 9.04. The van der Waals surface area contributed by atoms with E-state index in [9.17, 15) is 4.79 Å². The van der Waals surface area contributed by atoms with Crippen LogP contribution in [0.3, 0.4) is 0 Å². The fourth-order valence-electron chi connectivity index (χ4n) is 3.67. The van der Waals surface area contributed by atoms with Crippen molar-refractivity contribution in [3.8, 4) is 0 Å². The molecule has 1 N–H and O–H groups in total. The summed E-state index contributed by atoms with van der Waals surface area (Å²) in [5.74, 6) is -0.0735. The maximum atomic E-state index is 10.9. The number of hydrogen-bond acceptors (Lipinski definition) is 1. The van der Waals surface area contributed by atoms with Crippen LogP contribution in [0.1, 0.15) is 39.5 Å². The van der Waals surface area contributed by atoms with Gasteiger partial charge in [0.2, 0.25) is 0 Å². The molecule has 2 bridgehead atoms. The van der Waals surface area contributed by atoms with Crippen LogP contribution in [0.2, 0.25) is 0 Å². The zero-order chi connectivity index (χ0) is 10.6. The van der Waals surface area contributed by atoms with Crippen LogP contribution in [0.15, 0.2) is 0 Å². The van der Waals surface area contributed by atoms with Crippen LogP contribution in [-0.2, 0) is 4.79 Å². The molecule has 3 heteroatoms. The fraction of sp³-hybridized carbons (Fsp3) is 0.909. The molecule has 0 aromatic rings. The average Bonchev–Trinajstić information content (AvgIpc) is 2.36. The molecule has 2 fully saturated rings. The third-order valence-corrected chi connectivity index (χ3v) is 5.40. The fourth-order valence-corrected chi connectivity index (χ4v) is 4.35. The first-order valence-corrected chi connectivity index (χ1v) is 5.70. The Bertz CT molecular complexity index is 274. The molecule has 0 saturated heterocycles. The molecule has 0 spiro atoms. The molecule has 0 aromatic carbocycles. The number of carbonyl (C=O) groups is 1. The van der Waals surface area contributed by atoms with Crippen molar-refractivity contribution < 1.29 is 9.90 Å². The summed E-state index contributed by atoms with van der Waals surface area (Å²) in [6.07, 6.45) is 3.39. The average molecular weight is 217 g/mol. The third-order valence-electron chi connectivity index (χ3n) is 4.80. The number of carboxylic acids is 1. The number of alkyl halides is 1. The van der Waals surface area contributed by atoms with Crippen molar-refractivity contribution in [3.63, 3.8) is 0 Å². The van der Waals surface area contributed by atoms with Gasteiger partial charge in [-0.1, -0.05) is 13.8 Å². The second kappa shape index (κ2) is 2.88. The number of hydrogen-bond donors (Lipinski definition) is 1. The van der Waals surface area contributed by atoms with Crippen molar-refractivity contribution in [2.45, 2.75) is 44.9 Å². The van der Waals surface area contributed by atoms with Crippen molar-refractivity contribution >= 4 is 17.6 Å². The molecule has 80 valence electrons. The summed E-state index contributed by atoms with van der Waals surface area (Å²) in [7, 11) is 0. The van der Waals surface area contributed by atoms with Crippen molar-refractivity contribution in [3.05, 3.63) is 0 Å². The van der Waals surface area contributed by atoms with Crippen molar-refractivity contribution in [1.82, 2.24) is 0 Å². The Morgan fingerprint density at radius 1 is 1.57 bits per heavy atom. The van der Waals surface area contributed by atoms with Crippen molar-refractivity contribution in [1.29, 1.82) is 0 Å². The van der Waals surface area contributed by atoms with Gasteiger partial charge >= 0.3 is 5.97 Å². The first-order chi connectivity index (χ1) is 6.40. The normalized spacial score (nSPS) is 44.2. The van der Waals surface area contributed by atoms with Crippen LogP contribution < -0.4 is 0 Å². The Morgan fingerprint density at radius 2 is 2.21 bits per heavy atom. The van der Waals surface area contributed by atoms with Crippen LogP contribution in [0.25, 0.3) is 0 Å². The highest BCUT2D eigenvalue weighted by Gasteiger charge is 2.63. The largest absolute Gasteiger partial charge is 0.481 e. The van der Waals surface area contributed by atoms with Gasteiger partial charge in [0.25, 0.3) is 0 Å². The predicted octanol–water partition coefficient (Wildman–Crippen LogP) is 2.89. The smallest absolute Gasteiger partial charge is 0.303 e. The van der Waals surface area contributed by atoms with Crippen LogP contribution in [0, 0.1) is 16.7 Å². The maximum absolute atomic E-state index is 10.9. The van der Waals surface area contributed by atoms with Gasteiger partial charge in [-0.25, -0.2) is 0 Å². The summed E-state index contributed by atoms with van der Waals surface area (Å²) < 4.78 is 0. The van der Waals surface area contributed by atoms with Gasteiger partial charge in [-0.15, -0.1) is 11.6 Å². The van der Waals surface area contributed by atoms with Gasteiger partial charge in [-0.2, -0.15) is 0 Å². The van der Waals surface area contributed by atoms with E-state index < -0.39 is 5.97 Å². The number of aliphatic carboxylic acids is 1. The summed E-state index contributed by atoms with van der Waals surface area (Å²) in [4.78, 5) is 10.9. The Morgan fingerprint density at radius 3 is 2.57 bits per heavy atom. The third kappa shape index (κ3) is 1.06. The van der Waals surface area contributed by atoms with E-state index in [0.29, 0.717) is 5.92 Å². The standard InChI is InChI=1S/C11H17ClO2/c1-10(2)7-3-4-11(10,6-9(13)14)8(12)5-7/h7-8H,3-6H2,1-2H3,(H,13,14)/t7-,8+,11-/m0/s1. The van der Waals surface area contributed by atoms with Gasteiger partial charge < -0.3 is 5.11 Å². The molecule has 3 atom stereocenters. The number of rotatable bonds is 2. The predicted molar refractivity (Wildman–Crippen MR) is 55.4 cm³/mol. The van der Waals surface area contributed by atoms with Crippen LogP contribution in [0.4, 0.5) is 0 Å². The van der Waals surface area contributed by atoms with E-state index in [1.165, 1.54) is 0 Å². The maximum Gasteiger partial charge on any atom is 0.303 e. The number of fused-ring (bicyclic) bond motifs is 2. The van der Waals surface area contributed by atoms with E-state index in [0.717, 1.165) is 19.3 Å². The summed E-state index contributed by atoms with van der Waals surface area (Å²) in [5.41, 5.74) is -0.0388. The van der Waals surface area contributed by atoms with E-state index in [1.54, 1.807) is 0 Å². The molecular weight excluding hydrogens is 200 g/mol. The van der Waals surface area contributed by atoms with Gasteiger partial charge in [-0.3, -0.25) is 4.79 Å². The SMILES string of the molecule is CC1(C)[C@H]2CC[C@]1(CC(=O)O)[C@H](Cl)C2. The second-order valence-corrected chi connectivity index (χ2v) is 5.91. The first-order valence-electron chi connectivity index (χ1n) is 5.26. The molecule has 0 amide bonds. The van der Waals surface area contributed by atoms with Crippen LogP contribution in [0.5, 0.6) is 0 Å². The lowest BCUT2D eigenvalue weighted by atomic mass is 9.67. The van der Waals surface area contributed by atoms with Gasteiger partial charge in [-0.05, 0) is 30.6 Å².